The quantitative estimate of drug-likeness (QED) is 0.589. The number of ether oxygens (including phenoxy) is 1. The fourth-order valence-electron chi connectivity index (χ4n) is 4.40. The summed E-state index contributed by atoms with van der Waals surface area (Å²) in [4.78, 5) is 29.2. The van der Waals surface area contributed by atoms with E-state index in [4.69, 9.17) is 10.5 Å². The van der Waals surface area contributed by atoms with Crippen LogP contribution in [-0.2, 0) is 4.74 Å². The van der Waals surface area contributed by atoms with Crippen molar-refractivity contribution in [1.82, 2.24) is 15.1 Å². The molecule has 1 unspecified atom stereocenters. The maximum atomic E-state index is 12.6. The number of morpholine rings is 1. The van der Waals surface area contributed by atoms with E-state index in [0.29, 0.717) is 37.4 Å². The van der Waals surface area contributed by atoms with Gasteiger partial charge in [-0.1, -0.05) is 36.4 Å². The van der Waals surface area contributed by atoms with Gasteiger partial charge in [0.1, 0.15) is 6.23 Å². The molecular weight excluding hydrogens is 428 g/mol. The second-order valence-corrected chi connectivity index (χ2v) is 8.85. The van der Waals surface area contributed by atoms with Gasteiger partial charge in [-0.05, 0) is 61.2 Å². The standard InChI is InChI=1S/C27H34N4O3/c28-25-20-31(18-19-34-25)27(33)24-10-8-23(9-11-24)26(32)29-14-4-5-15-30-16-12-22(13-17-30)21-6-2-1-3-7-21/h1-3,6-12,25H,4-5,13-20,28H2,(H,29,32). The Labute approximate surface area is 201 Å². The van der Waals surface area contributed by atoms with Gasteiger partial charge in [0.25, 0.3) is 11.8 Å². The van der Waals surface area contributed by atoms with Gasteiger partial charge < -0.3 is 20.7 Å². The summed E-state index contributed by atoms with van der Waals surface area (Å²) in [5.74, 6) is -0.199. The van der Waals surface area contributed by atoms with Crippen LogP contribution in [0.15, 0.2) is 60.7 Å². The molecule has 7 nitrogen and oxygen atoms in total. The minimum absolute atomic E-state index is 0.0887. The lowest BCUT2D eigenvalue weighted by molar-refractivity contribution is -0.0181. The Balaban J connectivity index is 1.14. The average molecular weight is 463 g/mol. The van der Waals surface area contributed by atoms with Crippen LogP contribution in [0.25, 0.3) is 5.57 Å². The third kappa shape index (κ3) is 6.53. The van der Waals surface area contributed by atoms with Crippen molar-refractivity contribution in [2.45, 2.75) is 25.5 Å². The van der Waals surface area contributed by atoms with E-state index in [1.807, 2.05) is 0 Å². The first-order valence-corrected chi connectivity index (χ1v) is 12.1. The summed E-state index contributed by atoms with van der Waals surface area (Å²) < 4.78 is 5.28. The average Bonchev–Trinajstić information content (AvgIpc) is 2.89. The van der Waals surface area contributed by atoms with Gasteiger partial charge in [-0.15, -0.1) is 0 Å². The molecule has 2 aliphatic rings. The Morgan fingerprint density at radius 2 is 1.76 bits per heavy atom. The van der Waals surface area contributed by atoms with Crippen molar-refractivity contribution in [3.63, 3.8) is 0 Å². The monoisotopic (exact) mass is 462 g/mol. The molecule has 1 saturated heterocycles. The molecule has 2 aromatic carbocycles. The van der Waals surface area contributed by atoms with Gasteiger partial charge in [0, 0.05) is 37.3 Å². The summed E-state index contributed by atoms with van der Waals surface area (Å²) in [5.41, 5.74) is 9.64. The van der Waals surface area contributed by atoms with Crippen LogP contribution >= 0.6 is 0 Å². The van der Waals surface area contributed by atoms with Crippen molar-refractivity contribution >= 4 is 17.4 Å². The molecule has 4 rings (SSSR count). The van der Waals surface area contributed by atoms with E-state index in [2.05, 4.69) is 46.6 Å². The molecule has 1 atom stereocenters. The Morgan fingerprint density at radius 3 is 2.47 bits per heavy atom. The van der Waals surface area contributed by atoms with Gasteiger partial charge in [0.05, 0.1) is 13.2 Å². The molecule has 7 heteroatoms. The summed E-state index contributed by atoms with van der Waals surface area (Å²) in [5, 5.41) is 2.99. The molecule has 180 valence electrons. The minimum atomic E-state index is -0.444. The van der Waals surface area contributed by atoms with Crippen LogP contribution in [0.2, 0.25) is 0 Å². The van der Waals surface area contributed by atoms with E-state index in [0.717, 1.165) is 38.9 Å². The van der Waals surface area contributed by atoms with Gasteiger partial charge in [-0.3, -0.25) is 14.5 Å². The lowest BCUT2D eigenvalue weighted by atomic mass is 9.99. The minimum Gasteiger partial charge on any atom is -0.360 e. The van der Waals surface area contributed by atoms with Gasteiger partial charge in [0.2, 0.25) is 0 Å². The summed E-state index contributed by atoms with van der Waals surface area (Å²) >= 11 is 0. The number of nitrogens with two attached hydrogens (primary N) is 1. The molecule has 34 heavy (non-hydrogen) atoms. The fourth-order valence-corrected chi connectivity index (χ4v) is 4.40. The number of unbranched alkanes of at least 4 members (excludes halogenated alkanes) is 1. The highest BCUT2D eigenvalue weighted by Gasteiger charge is 2.23. The molecule has 0 spiro atoms. The molecule has 0 saturated carbocycles. The Hall–Kier alpha value is -3.00. The SMILES string of the molecule is NC1CN(C(=O)c2ccc(C(=O)NCCCCN3CC=C(c4ccccc4)CC3)cc2)CCO1. The molecule has 2 amide bonds. The third-order valence-electron chi connectivity index (χ3n) is 6.40. The number of amides is 2. The number of rotatable bonds is 8. The van der Waals surface area contributed by atoms with Crippen molar-refractivity contribution < 1.29 is 14.3 Å². The van der Waals surface area contributed by atoms with Crippen LogP contribution in [0.3, 0.4) is 0 Å². The van der Waals surface area contributed by atoms with Crippen LogP contribution in [-0.4, -0.2) is 73.7 Å². The Kier molecular flexibility index (Phi) is 8.46. The molecule has 2 aliphatic heterocycles. The number of nitrogens with zero attached hydrogens (tertiary/aromatic N) is 2. The summed E-state index contributed by atoms with van der Waals surface area (Å²) in [6, 6.07) is 17.4. The molecule has 2 heterocycles. The second kappa shape index (κ2) is 11.9. The molecule has 3 N–H and O–H groups in total. The highest BCUT2D eigenvalue weighted by Crippen LogP contribution is 2.22. The molecule has 0 radical (unpaired) electrons. The summed E-state index contributed by atoms with van der Waals surface area (Å²) in [6.07, 6.45) is 4.95. The maximum absolute atomic E-state index is 12.6. The first kappa shape index (κ1) is 24.1. The fraction of sp³-hybridized carbons (Fsp3) is 0.407. The van der Waals surface area contributed by atoms with Crippen molar-refractivity contribution in [3.8, 4) is 0 Å². The van der Waals surface area contributed by atoms with E-state index >= 15 is 0 Å². The molecule has 0 bridgehead atoms. The molecule has 1 fully saturated rings. The number of hydrogen-bond donors (Lipinski definition) is 2. The summed E-state index contributed by atoms with van der Waals surface area (Å²) in [6.45, 7) is 5.09. The van der Waals surface area contributed by atoms with E-state index in [-0.39, 0.29) is 11.8 Å². The third-order valence-corrected chi connectivity index (χ3v) is 6.40. The molecule has 0 aromatic heterocycles. The first-order valence-electron chi connectivity index (χ1n) is 12.1. The van der Waals surface area contributed by atoms with Crippen LogP contribution in [0.5, 0.6) is 0 Å². The van der Waals surface area contributed by atoms with Crippen molar-refractivity contribution in [1.29, 1.82) is 0 Å². The van der Waals surface area contributed by atoms with Crippen molar-refractivity contribution in [2.24, 2.45) is 5.73 Å². The molecular formula is C27H34N4O3. The topological polar surface area (TPSA) is 87.9 Å². The van der Waals surface area contributed by atoms with E-state index in [1.54, 1.807) is 29.2 Å². The zero-order chi connectivity index (χ0) is 23.8. The normalized spacial score (nSPS) is 18.9. The van der Waals surface area contributed by atoms with Crippen LogP contribution < -0.4 is 11.1 Å². The predicted molar refractivity (Wildman–Crippen MR) is 133 cm³/mol. The van der Waals surface area contributed by atoms with Crippen LogP contribution in [0.4, 0.5) is 0 Å². The number of benzene rings is 2. The van der Waals surface area contributed by atoms with E-state index < -0.39 is 6.23 Å². The Bertz CT molecular complexity index is 991. The number of nitrogens with one attached hydrogen (secondary N) is 1. The predicted octanol–water partition coefficient (Wildman–Crippen LogP) is 2.74. The highest BCUT2D eigenvalue weighted by molar-refractivity contribution is 5.97. The number of carbonyl (C=O) groups is 2. The van der Waals surface area contributed by atoms with E-state index in [1.165, 1.54) is 11.1 Å². The smallest absolute Gasteiger partial charge is 0.254 e. The number of carbonyl (C=O) groups excluding carboxylic acids is 2. The van der Waals surface area contributed by atoms with Gasteiger partial charge >= 0.3 is 0 Å². The van der Waals surface area contributed by atoms with E-state index in [9.17, 15) is 9.59 Å². The second-order valence-electron chi connectivity index (χ2n) is 8.85. The maximum Gasteiger partial charge on any atom is 0.254 e. The zero-order valence-corrected chi connectivity index (χ0v) is 19.6. The molecule has 2 aromatic rings. The highest BCUT2D eigenvalue weighted by atomic mass is 16.5. The number of hydrogen-bond acceptors (Lipinski definition) is 5. The summed E-state index contributed by atoms with van der Waals surface area (Å²) in [7, 11) is 0. The van der Waals surface area contributed by atoms with Gasteiger partial charge in [-0.2, -0.15) is 0 Å². The molecule has 0 aliphatic carbocycles. The zero-order valence-electron chi connectivity index (χ0n) is 19.6. The first-order chi connectivity index (χ1) is 16.6. The lowest BCUT2D eigenvalue weighted by Gasteiger charge is -2.30. The van der Waals surface area contributed by atoms with Crippen molar-refractivity contribution in [3.05, 3.63) is 77.4 Å². The van der Waals surface area contributed by atoms with Gasteiger partial charge in [-0.25, -0.2) is 0 Å². The van der Waals surface area contributed by atoms with Crippen molar-refractivity contribution in [2.75, 3.05) is 45.9 Å². The van der Waals surface area contributed by atoms with Crippen LogP contribution in [0.1, 0.15) is 45.5 Å². The largest absolute Gasteiger partial charge is 0.360 e. The van der Waals surface area contributed by atoms with Gasteiger partial charge in [0.15, 0.2) is 0 Å². The van der Waals surface area contributed by atoms with Crippen LogP contribution in [0, 0.1) is 0 Å². The lowest BCUT2D eigenvalue weighted by Crippen LogP contribution is -2.49. The Morgan fingerprint density at radius 1 is 1.00 bits per heavy atom.